The molecule has 2 aromatic rings. The van der Waals surface area contributed by atoms with Gasteiger partial charge in [-0.3, -0.25) is 4.79 Å². The fraction of sp³-hybridized carbons (Fsp3) is 0.278. The number of hydrogen-bond donors (Lipinski definition) is 3. The summed E-state index contributed by atoms with van der Waals surface area (Å²) < 4.78 is 0. The number of amides is 1. The summed E-state index contributed by atoms with van der Waals surface area (Å²) in [4.78, 5) is 12.1. The van der Waals surface area contributed by atoms with Gasteiger partial charge in [-0.1, -0.05) is 36.4 Å². The van der Waals surface area contributed by atoms with Crippen LogP contribution in [0.5, 0.6) is 5.75 Å². The number of fused-ring (bicyclic) bond motifs is 1. The molecule has 4 nitrogen and oxygen atoms in total. The van der Waals surface area contributed by atoms with Crippen molar-refractivity contribution < 1.29 is 15.0 Å². The average Bonchev–Trinajstić information content (AvgIpc) is 2.83. The molecule has 0 heterocycles. The van der Waals surface area contributed by atoms with Gasteiger partial charge in [0.25, 0.3) is 0 Å². The first-order valence-corrected chi connectivity index (χ1v) is 7.46. The van der Waals surface area contributed by atoms with Crippen molar-refractivity contribution in [2.24, 2.45) is 0 Å². The monoisotopic (exact) mass is 297 g/mol. The van der Waals surface area contributed by atoms with Crippen LogP contribution in [0.4, 0.5) is 0 Å². The highest BCUT2D eigenvalue weighted by atomic mass is 16.3. The van der Waals surface area contributed by atoms with Gasteiger partial charge in [-0.2, -0.15) is 0 Å². The van der Waals surface area contributed by atoms with E-state index >= 15 is 0 Å². The topological polar surface area (TPSA) is 69.6 Å². The summed E-state index contributed by atoms with van der Waals surface area (Å²) in [7, 11) is 0. The van der Waals surface area contributed by atoms with Crippen LogP contribution in [0.2, 0.25) is 0 Å². The first kappa shape index (κ1) is 14.6. The van der Waals surface area contributed by atoms with Crippen LogP contribution in [0, 0.1) is 0 Å². The summed E-state index contributed by atoms with van der Waals surface area (Å²) in [6, 6.07) is 14.3. The molecule has 0 aliphatic heterocycles. The van der Waals surface area contributed by atoms with E-state index in [1.54, 1.807) is 12.1 Å². The Hall–Kier alpha value is -2.33. The van der Waals surface area contributed by atoms with Crippen LogP contribution in [0.1, 0.15) is 29.2 Å². The number of hydrogen-bond acceptors (Lipinski definition) is 3. The number of aromatic hydroxyl groups is 1. The Morgan fingerprint density at radius 3 is 2.64 bits per heavy atom. The third kappa shape index (κ3) is 3.12. The fourth-order valence-electron chi connectivity index (χ4n) is 2.91. The molecule has 1 aliphatic carbocycles. The molecular weight excluding hydrogens is 278 g/mol. The smallest absolute Gasteiger partial charge is 0.220 e. The molecular formula is C18H19NO3. The summed E-state index contributed by atoms with van der Waals surface area (Å²) in [6.07, 6.45) is 0.987. The van der Waals surface area contributed by atoms with Crippen LogP contribution < -0.4 is 5.32 Å². The van der Waals surface area contributed by atoms with Gasteiger partial charge in [0, 0.05) is 12.8 Å². The van der Waals surface area contributed by atoms with Crippen molar-refractivity contribution in [3.8, 4) is 5.75 Å². The van der Waals surface area contributed by atoms with E-state index in [0.717, 1.165) is 16.7 Å². The van der Waals surface area contributed by atoms with E-state index < -0.39 is 6.10 Å². The van der Waals surface area contributed by atoms with Crippen molar-refractivity contribution in [1.82, 2.24) is 5.32 Å². The second-order valence-electron chi connectivity index (χ2n) is 5.68. The molecule has 1 amide bonds. The van der Waals surface area contributed by atoms with Crippen molar-refractivity contribution in [3.05, 3.63) is 65.2 Å². The Labute approximate surface area is 129 Å². The van der Waals surface area contributed by atoms with Gasteiger partial charge in [-0.05, 0) is 35.2 Å². The zero-order chi connectivity index (χ0) is 15.5. The highest BCUT2D eigenvalue weighted by Gasteiger charge is 2.31. The number of rotatable bonds is 4. The first-order valence-electron chi connectivity index (χ1n) is 7.46. The summed E-state index contributed by atoms with van der Waals surface area (Å²) >= 11 is 0. The van der Waals surface area contributed by atoms with E-state index in [1.165, 1.54) is 0 Å². The normalized spacial score (nSPS) is 19.7. The number of aliphatic hydroxyl groups is 1. The predicted molar refractivity (Wildman–Crippen MR) is 83.5 cm³/mol. The Balaban J connectivity index is 1.59. The molecule has 0 spiro atoms. The van der Waals surface area contributed by atoms with Gasteiger partial charge in [-0.25, -0.2) is 0 Å². The Bertz CT molecular complexity index is 666. The van der Waals surface area contributed by atoms with E-state index in [0.29, 0.717) is 19.3 Å². The summed E-state index contributed by atoms with van der Waals surface area (Å²) in [5.74, 6) is 0.146. The maximum atomic E-state index is 12.1. The quantitative estimate of drug-likeness (QED) is 0.809. The van der Waals surface area contributed by atoms with E-state index in [9.17, 15) is 15.0 Å². The third-order valence-electron chi connectivity index (χ3n) is 4.10. The molecule has 3 rings (SSSR count). The lowest BCUT2D eigenvalue weighted by atomic mass is 10.1. The van der Waals surface area contributed by atoms with Crippen molar-refractivity contribution in [3.63, 3.8) is 0 Å². The summed E-state index contributed by atoms with van der Waals surface area (Å²) in [5.41, 5.74) is 3.10. The number of aliphatic hydroxyl groups excluding tert-OH is 1. The molecule has 114 valence electrons. The third-order valence-corrected chi connectivity index (χ3v) is 4.10. The number of aryl methyl sites for hydroxylation is 1. The molecule has 2 atom stereocenters. The molecule has 0 bridgehead atoms. The Morgan fingerprint density at radius 2 is 1.86 bits per heavy atom. The van der Waals surface area contributed by atoms with Crippen LogP contribution in [0.3, 0.4) is 0 Å². The van der Waals surface area contributed by atoms with Gasteiger partial charge in [0.1, 0.15) is 5.75 Å². The molecule has 0 saturated carbocycles. The van der Waals surface area contributed by atoms with E-state index in [2.05, 4.69) is 5.32 Å². The zero-order valence-corrected chi connectivity index (χ0v) is 12.2. The van der Waals surface area contributed by atoms with E-state index in [1.807, 2.05) is 36.4 Å². The lowest BCUT2D eigenvalue weighted by Gasteiger charge is -2.18. The Kier molecular flexibility index (Phi) is 4.11. The standard InChI is InChI=1S/C18H19NO3/c20-14-8-5-12(6-9-14)7-10-17(22)19-18-15-4-2-1-3-13(15)11-16(18)21/h1-6,8-9,16,18,20-21H,7,10-11H2,(H,19,22)/t16-,18+/m1/s1. The maximum absolute atomic E-state index is 12.1. The number of phenols is 1. The number of phenolic OH excluding ortho intramolecular Hbond substituents is 1. The molecule has 2 aromatic carbocycles. The van der Waals surface area contributed by atoms with E-state index in [-0.39, 0.29) is 17.7 Å². The van der Waals surface area contributed by atoms with Gasteiger partial charge in [-0.15, -0.1) is 0 Å². The summed E-state index contributed by atoms with van der Waals surface area (Å²) in [5, 5.41) is 22.3. The minimum atomic E-state index is -0.560. The molecule has 0 unspecified atom stereocenters. The molecule has 4 heteroatoms. The van der Waals surface area contributed by atoms with Crippen LogP contribution in [-0.4, -0.2) is 22.2 Å². The molecule has 0 radical (unpaired) electrons. The fourth-order valence-corrected chi connectivity index (χ4v) is 2.91. The van der Waals surface area contributed by atoms with Crippen molar-refractivity contribution in [1.29, 1.82) is 0 Å². The molecule has 22 heavy (non-hydrogen) atoms. The van der Waals surface area contributed by atoms with Gasteiger partial charge < -0.3 is 15.5 Å². The highest BCUT2D eigenvalue weighted by Crippen LogP contribution is 2.31. The van der Waals surface area contributed by atoms with Crippen molar-refractivity contribution >= 4 is 5.91 Å². The minimum Gasteiger partial charge on any atom is -0.508 e. The van der Waals surface area contributed by atoms with Crippen molar-refractivity contribution in [2.45, 2.75) is 31.4 Å². The minimum absolute atomic E-state index is 0.0752. The lowest BCUT2D eigenvalue weighted by Crippen LogP contribution is -2.33. The number of nitrogens with one attached hydrogen (secondary N) is 1. The number of carbonyl (C=O) groups is 1. The highest BCUT2D eigenvalue weighted by molar-refractivity contribution is 5.77. The average molecular weight is 297 g/mol. The van der Waals surface area contributed by atoms with Gasteiger partial charge in [0.2, 0.25) is 5.91 Å². The SMILES string of the molecule is O=C(CCc1ccc(O)cc1)N[C@H]1c2ccccc2C[C@H]1O. The van der Waals surface area contributed by atoms with Crippen LogP contribution in [-0.2, 0) is 17.6 Å². The van der Waals surface area contributed by atoms with Crippen LogP contribution >= 0.6 is 0 Å². The second kappa shape index (κ2) is 6.20. The molecule has 1 aliphatic rings. The predicted octanol–water partition coefficient (Wildman–Crippen LogP) is 2.10. The molecule has 0 saturated heterocycles. The van der Waals surface area contributed by atoms with Gasteiger partial charge in [0.15, 0.2) is 0 Å². The van der Waals surface area contributed by atoms with Gasteiger partial charge in [0.05, 0.1) is 12.1 Å². The van der Waals surface area contributed by atoms with Crippen LogP contribution in [0.15, 0.2) is 48.5 Å². The molecule has 3 N–H and O–H groups in total. The van der Waals surface area contributed by atoms with Crippen molar-refractivity contribution in [2.75, 3.05) is 0 Å². The van der Waals surface area contributed by atoms with E-state index in [4.69, 9.17) is 0 Å². The molecule has 0 aromatic heterocycles. The van der Waals surface area contributed by atoms with Gasteiger partial charge >= 0.3 is 0 Å². The lowest BCUT2D eigenvalue weighted by molar-refractivity contribution is -0.122. The summed E-state index contributed by atoms with van der Waals surface area (Å²) in [6.45, 7) is 0. The number of carbonyl (C=O) groups excluding carboxylic acids is 1. The zero-order valence-electron chi connectivity index (χ0n) is 12.2. The maximum Gasteiger partial charge on any atom is 0.220 e. The second-order valence-corrected chi connectivity index (χ2v) is 5.68. The largest absolute Gasteiger partial charge is 0.508 e. The Morgan fingerprint density at radius 1 is 1.14 bits per heavy atom. The van der Waals surface area contributed by atoms with Crippen LogP contribution in [0.25, 0.3) is 0 Å². The first-order chi connectivity index (χ1) is 10.6. The molecule has 0 fully saturated rings. The number of benzene rings is 2.